The van der Waals surface area contributed by atoms with E-state index in [1.807, 2.05) is 13.8 Å². The number of hydrogen-bond acceptors (Lipinski definition) is 3. The lowest BCUT2D eigenvalue weighted by Gasteiger charge is -2.29. The fourth-order valence-corrected chi connectivity index (χ4v) is 3.26. The third-order valence-corrected chi connectivity index (χ3v) is 5.29. The van der Waals surface area contributed by atoms with Crippen LogP contribution < -0.4 is 5.32 Å². The van der Waals surface area contributed by atoms with Crippen molar-refractivity contribution in [1.82, 2.24) is 5.32 Å². The van der Waals surface area contributed by atoms with Crippen molar-refractivity contribution in [2.24, 2.45) is 5.41 Å². The topological polar surface area (TPSA) is 49.3 Å². The van der Waals surface area contributed by atoms with Gasteiger partial charge in [0.1, 0.15) is 5.82 Å². The molecule has 1 aromatic carbocycles. The van der Waals surface area contributed by atoms with Crippen LogP contribution in [0.25, 0.3) is 10.1 Å². The summed E-state index contributed by atoms with van der Waals surface area (Å²) in [5, 5.41) is 12.9. The largest absolute Gasteiger partial charge is 0.396 e. The van der Waals surface area contributed by atoms with Gasteiger partial charge < -0.3 is 10.4 Å². The van der Waals surface area contributed by atoms with E-state index in [0.29, 0.717) is 16.8 Å². The van der Waals surface area contributed by atoms with Crippen LogP contribution in [0.2, 0.25) is 0 Å². The van der Waals surface area contributed by atoms with Crippen molar-refractivity contribution in [1.29, 1.82) is 0 Å². The molecule has 0 aliphatic rings. The van der Waals surface area contributed by atoms with Crippen LogP contribution in [0.15, 0.2) is 24.3 Å². The van der Waals surface area contributed by atoms with Gasteiger partial charge in [-0.1, -0.05) is 19.9 Å². The molecule has 0 aliphatic carbocycles. The van der Waals surface area contributed by atoms with Gasteiger partial charge in [0, 0.05) is 22.0 Å². The van der Waals surface area contributed by atoms with E-state index < -0.39 is 0 Å². The lowest BCUT2D eigenvalue weighted by molar-refractivity contribution is 0.0854. The number of aliphatic hydroxyl groups is 1. The van der Waals surface area contributed by atoms with Gasteiger partial charge in [-0.05, 0) is 31.0 Å². The zero-order valence-electron chi connectivity index (χ0n) is 12.3. The summed E-state index contributed by atoms with van der Waals surface area (Å²) in [7, 11) is 0. The second-order valence-corrected chi connectivity index (χ2v) is 6.39. The fourth-order valence-electron chi connectivity index (χ4n) is 2.27. The van der Waals surface area contributed by atoms with Crippen molar-refractivity contribution in [3.63, 3.8) is 0 Å². The second kappa shape index (κ2) is 6.54. The number of carbonyl (C=O) groups excluding carboxylic acids is 1. The molecule has 0 spiro atoms. The van der Waals surface area contributed by atoms with Crippen molar-refractivity contribution >= 4 is 27.3 Å². The van der Waals surface area contributed by atoms with E-state index in [9.17, 15) is 14.3 Å². The molecule has 0 radical (unpaired) electrons. The van der Waals surface area contributed by atoms with Gasteiger partial charge in [0.25, 0.3) is 5.91 Å². The van der Waals surface area contributed by atoms with E-state index in [2.05, 4.69) is 5.32 Å². The van der Waals surface area contributed by atoms with Crippen LogP contribution in [0.3, 0.4) is 0 Å². The van der Waals surface area contributed by atoms with Crippen LogP contribution in [-0.2, 0) is 0 Å². The maximum absolute atomic E-state index is 13.6. The highest BCUT2D eigenvalue weighted by Gasteiger charge is 2.26. The number of fused-ring (bicyclic) bond motifs is 1. The predicted octanol–water partition coefficient (Wildman–Crippen LogP) is 3.57. The highest BCUT2D eigenvalue weighted by molar-refractivity contribution is 7.20. The van der Waals surface area contributed by atoms with Crippen LogP contribution >= 0.6 is 11.3 Å². The molecule has 2 N–H and O–H groups in total. The quantitative estimate of drug-likeness (QED) is 0.857. The first-order valence-electron chi connectivity index (χ1n) is 7.12. The Morgan fingerprint density at radius 1 is 1.38 bits per heavy atom. The van der Waals surface area contributed by atoms with Crippen molar-refractivity contribution in [3.8, 4) is 0 Å². The Labute approximate surface area is 127 Å². The monoisotopic (exact) mass is 309 g/mol. The fraction of sp³-hybridized carbons (Fsp3) is 0.438. The highest BCUT2D eigenvalue weighted by Crippen LogP contribution is 2.28. The molecule has 0 atom stereocenters. The smallest absolute Gasteiger partial charge is 0.261 e. The Morgan fingerprint density at radius 2 is 2.10 bits per heavy atom. The summed E-state index contributed by atoms with van der Waals surface area (Å²) in [4.78, 5) is 12.7. The van der Waals surface area contributed by atoms with Crippen molar-refractivity contribution < 1.29 is 14.3 Å². The van der Waals surface area contributed by atoms with Gasteiger partial charge in [-0.15, -0.1) is 11.3 Å². The summed E-state index contributed by atoms with van der Waals surface area (Å²) in [6.07, 6.45) is 1.59. The summed E-state index contributed by atoms with van der Waals surface area (Å²) in [6.45, 7) is 4.47. The number of halogens is 1. The number of carbonyl (C=O) groups is 1. The first-order chi connectivity index (χ1) is 10.0. The standard InChI is InChI=1S/C16H20FNO2S/c1-3-16(4-2,10-19)9-18-15(20)14-8-11-12(17)6-5-7-13(11)21-14/h5-8,19H,3-4,9-10H2,1-2H3,(H,18,20). The molecule has 21 heavy (non-hydrogen) atoms. The third-order valence-electron chi connectivity index (χ3n) is 4.19. The zero-order chi connectivity index (χ0) is 15.5. The molecule has 1 heterocycles. The Balaban J connectivity index is 2.14. The number of nitrogens with one attached hydrogen (secondary N) is 1. The van der Waals surface area contributed by atoms with E-state index in [1.54, 1.807) is 18.2 Å². The van der Waals surface area contributed by atoms with Gasteiger partial charge in [0.2, 0.25) is 0 Å². The van der Waals surface area contributed by atoms with Crippen molar-refractivity contribution in [2.75, 3.05) is 13.2 Å². The van der Waals surface area contributed by atoms with Crippen molar-refractivity contribution in [2.45, 2.75) is 26.7 Å². The lowest BCUT2D eigenvalue weighted by atomic mass is 9.83. The molecule has 2 rings (SSSR count). The maximum Gasteiger partial charge on any atom is 0.261 e. The molecule has 0 fully saturated rings. The van der Waals surface area contributed by atoms with E-state index in [1.165, 1.54) is 17.4 Å². The maximum atomic E-state index is 13.6. The molecule has 0 saturated carbocycles. The average Bonchev–Trinajstić information content (AvgIpc) is 2.95. The summed E-state index contributed by atoms with van der Waals surface area (Å²) < 4.78 is 14.4. The normalized spacial score (nSPS) is 11.8. The van der Waals surface area contributed by atoms with Gasteiger partial charge >= 0.3 is 0 Å². The van der Waals surface area contributed by atoms with Gasteiger partial charge in [-0.3, -0.25) is 4.79 Å². The van der Waals surface area contributed by atoms with Gasteiger partial charge in [-0.2, -0.15) is 0 Å². The summed E-state index contributed by atoms with van der Waals surface area (Å²) in [5.41, 5.74) is -0.280. The lowest BCUT2D eigenvalue weighted by Crippen LogP contribution is -2.39. The minimum atomic E-state index is -0.311. The Hall–Kier alpha value is -1.46. The summed E-state index contributed by atoms with van der Waals surface area (Å²) >= 11 is 1.28. The number of hydrogen-bond donors (Lipinski definition) is 2. The van der Waals surface area contributed by atoms with Crippen LogP contribution in [0.5, 0.6) is 0 Å². The first kappa shape index (κ1) is 15.9. The Bertz CT molecular complexity index is 626. The van der Waals surface area contributed by atoms with E-state index >= 15 is 0 Å². The first-order valence-corrected chi connectivity index (χ1v) is 7.94. The molecule has 1 amide bonds. The van der Waals surface area contributed by atoms with E-state index in [4.69, 9.17) is 0 Å². The van der Waals surface area contributed by atoms with Crippen LogP contribution in [0, 0.1) is 11.2 Å². The minimum absolute atomic E-state index is 0.0430. The molecule has 2 aromatic rings. The number of amides is 1. The summed E-state index contributed by atoms with van der Waals surface area (Å²) in [5.74, 6) is -0.523. The third kappa shape index (κ3) is 3.24. The predicted molar refractivity (Wildman–Crippen MR) is 84.2 cm³/mol. The minimum Gasteiger partial charge on any atom is -0.396 e. The average molecular weight is 309 g/mol. The molecule has 114 valence electrons. The molecule has 0 saturated heterocycles. The number of thiophene rings is 1. The number of aliphatic hydroxyl groups excluding tert-OH is 1. The molecule has 0 bridgehead atoms. The Morgan fingerprint density at radius 3 is 2.67 bits per heavy atom. The highest BCUT2D eigenvalue weighted by atomic mass is 32.1. The van der Waals surface area contributed by atoms with Crippen LogP contribution in [0.1, 0.15) is 36.4 Å². The van der Waals surface area contributed by atoms with Gasteiger partial charge in [0.05, 0.1) is 11.5 Å². The summed E-state index contributed by atoms with van der Waals surface area (Å²) in [6, 6.07) is 6.42. The van der Waals surface area contributed by atoms with Crippen LogP contribution in [0.4, 0.5) is 4.39 Å². The molecular weight excluding hydrogens is 289 g/mol. The van der Waals surface area contributed by atoms with Gasteiger partial charge in [0.15, 0.2) is 0 Å². The molecule has 0 unspecified atom stereocenters. The Kier molecular flexibility index (Phi) is 4.96. The molecule has 0 aliphatic heterocycles. The SMILES string of the molecule is CCC(CC)(CO)CNC(=O)c1cc2c(F)cccc2s1. The molecule has 1 aromatic heterocycles. The van der Waals surface area contributed by atoms with Crippen molar-refractivity contribution in [3.05, 3.63) is 35.0 Å². The van der Waals surface area contributed by atoms with E-state index in [-0.39, 0.29) is 23.7 Å². The molecule has 5 heteroatoms. The second-order valence-electron chi connectivity index (χ2n) is 5.31. The molecule has 3 nitrogen and oxygen atoms in total. The number of benzene rings is 1. The van der Waals surface area contributed by atoms with E-state index in [0.717, 1.165) is 17.5 Å². The zero-order valence-corrected chi connectivity index (χ0v) is 13.1. The van der Waals surface area contributed by atoms with Crippen LogP contribution in [-0.4, -0.2) is 24.2 Å². The van der Waals surface area contributed by atoms with Gasteiger partial charge in [-0.25, -0.2) is 4.39 Å². The number of rotatable bonds is 6. The molecular formula is C16H20FNO2S.